The summed E-state index contributed by atoms with van der Waals surface area (Å²) in [6.45, 7) is 7.32. The molecule has 152 valence electrons. The van der Waals surface area contributed by atoms with Gasteiger partial charge in [0, 0.05) is 4.88 Å². The Morgan fingerprint density at radius 3 is 2.62 bits per heavy atom. The summed E-state index contributed by atoms with van der Waals surface area (Å²) in [7, 11) is 0. The number of nitrogens with zero attached hydrogens (tertiary/aromatic N) is 2. The van der Waals surface area contributed by atoms with Crippen molar-refractivity contribution in [1.82, 2.24) is 9.55 Å². The Morgan fingerprint density at radius 1 is 1.21 bits per heavy atom. The molecule has 1 N–H and O–H groups in total. The molecular formula is C21H23N3O4S. The minimum absolute atomic E-state index is 0.191. The highest BCUT2D eigenvalue weighted by Gasteiger charge is 2.23. The third kappa shape index (κ3) is 4.07. The molecule has 0 saturated carbocycles. The molecule has 0 bridgehead atoms. The Kier molecular flexibility index (Phi) is 6.12. The average molecular weight is 413 g/mol. The number of rotatable bonds is 6. The fraction of sp³-hybridized carbons (Fsp3) is 0.333. The number of carbonyl (C=O) groups excluding carboxylic acids is 2. The van der Waals surface area contributed by atoms with Gasteiger partial charge in [0.2, 0.25) is 5.91 Å². The quantitative estimate of drug-likeness (QED) is 0.625. The summed E-state index contributed by atoms with van der Waals surface area (Å²) in [6.07, 6.45) is 0.742. The van der Waals surface area contributed by atoms with Crippen molar-refractivity contribution >= 4 is 39.1 Å². The Morgan fingerprint density at radius 2 is 1.93 bits per heavy atom. The zero-order chi connectivity index (χ0) is 21.1. The minimum Gasteiger partial charge on any atom is -0.462 e. The number of para-hydroxylation sites is 1. The molecule has 29 heavy (non-hydrogen) atoms. The largest absolute Gasteiger partial charge is 0.462 e. The number of esters is 1. The van der Waals surface area contributed by atoms with Gasteiger partial charge in [-0.1, -0.05) is 19.1 Å². The molecular weight excluding hydrogens is 390 g/mol. The van der Waals surface area contributed by atoms with E-state index < -0.39 is 11.9 Å². The molecule has 1 aromatic carbocycles. The molecule has 0 aliphatic rings. The van der Waals surface area contributed by atoms with Crippen LogP contribution < -0.4 is 10.9 Å². The smallest absolute Gasteiger partial charge is 0.341 e. The van der Waals surface area contributed by atoms with E-state index in [4.69, 9.17) is 4.74 Å². The van der Waals surface area contributed by atoms with E-state index in [0.29, 0.717) is 27.3 Å². The number of thiophene rings is 1. The molecule has 0 fully saturated rings. The summed E-state index contributed by atoms with van der Waals surface area (Å²) in [6, 6.07) is 7.03. The first kappa shape index (κ1) is 20.7. The summed E-state index contributed by atoms with van der Waals surface area (Å²) < 4.78 is 6.48. The lowest BCUT2D eigenvalue weighted by Crippen LogP contribution is -2.30. The Bertz CT molecular complexity index is 1150. The maximum absolute atomic E-state index is 12.8. The molecule has 0 aliphatic heterocycles. The molecule has 8 heteroatoms. The lowest BCUT2D eigenvalue weighted by Gasteiger charge is -2.11. The highest BCUT2D eigenvalue weighted by Crippen LogP contribution is 2.34. The van der Waals surface area contributed by atoms with E-state index in [1.165, 1.54) is 15.9 Å². The fourth-order valence-corrected chi connectivity index (χ4v) is 4.36. The third-order valence-electron chi connectivity index (χ3n) is 4.65. The van der Waals surface area contributed by atoms with Gasteiger partial charge in [-0.3, -0.25) is 14.2 Å². The van der Waals surface area contributed by atoms with E-state index in [0.717, 1.165) is 16.9 Å². The van der Waals surface area contributed by atoms with E-state index in [1.807, 2.05) is 19.9 Å². The van der Waals surface area contributed by atoms with E-state index in [1.54, 1.807) is 32.0 Å². The molecule has 2 aromatic heterocycles. The fourth-order valence-electron chi connectivity index (χ4n) is 3.21. The summed E-state index contributed by atoms with van der Waals surface area (Å²) in [4.78, 5) is 43.3. The number of amides is 1. The second-order valence-electron chi connectivity index (χ2n) is 6.54. The highest BCUT2D eigenvalue weighted by atomic mass is 32.1. The molecule has 0 spiro atoms. The summed E-state index contributed by atoms with van der Waals surface area (Å²) in [5, 5.41) is 3.69. The second-order valence-corrected chi connectivity index (χ2v) is 7.65. The molecule has 7 nitrogen and oxygen atoms in total. The first-order valence-corrected chi connectivity index (χ1v) is 10.2. The number of hydrogen-bond donors (Lipinski definition) is 1. The first-order valence-electron chi connectivity index (χ1n) is 9.42. The van der Waals surface area contributed by atoms with E-state index in [-0.39, 0.29) is 18.7 Å². The van der Waals surface area contributed by atoms with Crippen LogP contribution in [-0.2, 0) is 22.5 Å². The summed E-state index contributed by atoms with van der Waals surface area (Å²) in [5.41, 5.74) is 1.51. The van der Waals surface area contributed by atoms with Gasteiger partial charge in [-0.25, -0.2) is 9.78 Å². The SMILES string of the molecule is CCOC(=O)c1c(NC(=O)Cn2c(C)nc3ccccc3c2=O)sc(CC)c1C. The van der Waals surface area contributed by atoms with Gasteiger partial charge in [-0.15, -0.1) is 11.3 Å². The van der Waals surface area contributed by atoms with E-state index >= 15 is 0 Å². The summed E-state index contributed by atoms with van der Waals surface area (Å²) >= 11 is 1.35. The zero-order valence-electron chi connectivity index (χ0n) is 16.9. The zero-order valence-corrected chi connectivity index (χ0v) is 17.7. The van der Waals surface area contributed by atoms with Crippen molar-refractivity contribution in [2.45, 2.75) is 40.7 Å². The van der Waals surface area contributed by atoms with Crippen molar-refractivity contribution in [2.24, 2.45) is 0 Å². The molecule has 0 atom stereocenters. The van der Waals surface area contributed by atoms with Crippen LogP contribution in [0.1, 0.15) is 40.5 Å². The number of fused-ring (bicyclic) bond motifs is 1. The number of aromatic nitrogens is 2. The molecule has 2 heterocycles. The van der Waals surface area contributed by atoms with Crippen LogP contribution in [0.25, 0.3) is 10.9 Å². The van der Waals surface area contributed by atoms with E-state index in [2.05, 4.69) is 10.3 Å². The Balaban J connectivity index is 1.91. The standard InChI is InChI=1S/C21H23N3O4S/c1-5-16-12(3)18(21(27)28-6-2)19(29-16)23-17(25)11-24-13(4)22-15-10-8-7-9-14(15)20(24)26/h7-10H,5-6,11H2,1-4H3,(H,23,25). The van der Waals surface area contributed by atoms with E-state index in [9.17, 15) is 14.4 Å². The van der Waals surface area contributed by atoms with Crippen LogP contribution in [0.3, 0.4) is 0 Å². The molecule has 3 aromatic rings. The molecule has 3 rings (SSSR count). The predicted molar refractivity (Wildman–Crippen MR) is 114 cm³/mol. The van der Waals surface area contributed by atoms with Crippen LogP contribution in [0.2, 0.25) is 0 Å². The Hall–Kier alpha value is -3.00. The monoisotopic (exact) mass is 413 g/mol. The van der Waals surface area contributed by atoms with Crippen molar-refractivity contribution in [3.8, 4) is 0 Å². The van der Waals surface area contributed by atoms with Gasteiger partial charge in [-0.05, 0) is 44.9 Å². The van der Waals surface area contributed by atoms with Crippen molar-refractivity contribution < 1.29 is 14.3 Å². The molecule has 0 aliphatic carbocycles. The minimum atomic E-state index is -0.461. The molecule has 1 amide bonds. The number of aryl methyl sites for hydroxylation is 2. The number of nitrogens with one attached hydrogen (secondary N) is 1. The number of carbonyl (C=O) groups is 2. The van der Waals surface area contributed by atoms with Crippen molar-refractivity contribution in [3.63, 3.8) is 0 Å². The second kappa shape index (κ2) is 8.57. The van der Waals surface area contributed by atoms with Gasteiger partial charge in [0.25, 0.3) is 5.56 Å². The van der Waals surface area contributed by atoms with Crippen LogP contribution in [0.15, 0.2) is 29.1 Å². The van der Waals surface area contributed by atoms with Gasteiger partial charge < -0.3 is 10.1 Å². The van der Waals surface area contributed by atoms with Crippen LogP contribution in [0, 0.1) is 13.8 Å². The van der Waals surface area contributed by atoms with Gasteiger partial charge in [0.05, 0.1) is 23.1 Å². The third-order valence-corrected chi connectivity index (χ3v) is 6.00. The average Bonchev–Trinajstić information content (AvgIpc) is 3.00. The first-order chi connectivity index (χ1) is 13.9. The van der Waals surface area contributed by atoms with Gasteiger partial charge in [0.1, 0.15) is 17.4 Å². The normalized spacial score (nSPS) is 10.9. The van der Waals surface area contributed by atoms with Crippen molar-refractivity contribution in [1.29, 1.82) is 0 Å². The van der Waals surface area contributed by atoms with Crippen LogP contribution in [-0.4, -0.2) is 28.0 Å². The number of benzene rings is 1. The molecule has 0 unspecified atom stereocenters. The van der Waals surface area contributed by atoms with Crippen LogP contribution >= 0.6 is 11.3 Å². The van der Waals surface area contributed by atoms with Crippen molar-refractivity contribution in [3.05, 3.63) is 56.4 Å². The highest BCUT2D eigenvalue weighted by molar-refractivity contribution is 7.17. The number of hydrogen-bond acceptors (Lipinski definition) is 6. The lowest BCUT2D eigenvalue weighted by atomic mass is 10.1. The van der Waals surface area contributed by atoms with Crippen LogP contribution in [0.5, 0.6) is 0 Å². The van der Waals surface area contributed by atoms with Gasteiger partial charge in [-0.2, -0.15) is 0 Å². The van der Waals surface area contributed by atoms with Gasteiger partial charge in [0.15, 0.2) is 0 Å². The molecule has 0 saturated heterocycles. The molecule has 0 radical (unpaired) electrons. The maximum Gasteiger partial charge on any atom is 0.341 e. The number of anilines is 1. The van der Waals surface area contributed by atoms with Crippen molar-refractivity contribution in [2.75, 3.05) is 11.9 Å². The lowest BCUT2D eigenvalue weighted by molar-refractivity contribution is -0.116. The van der Waals surface area contributed by atoms with Gasteiger partial charge >= 0.3 is 5.97 Å². The topological polar surface area (TPSA) is 90.3 Å². The summed E-state index contributed by atoms with van der Waals surface area (Å²) in [5.74, 6) is -0.412. The number of ether oxygens (including phenoxy) is 1. The Labute approximate surface area is 172 Å². The maximum atomic E-state index is 12.8. The predicted octanol–water partition coefficient (Wildman–Crippen LogP) is 3.45. The van der Waals surface area contributed by atoms with Crippen LogP contribution in [0.4, 0.5) is 5.00 Å².